The van der Waals surface area contributed by atoms with E-state index in [1.54, 1.807) is 0 Å². The van der Waals surface area contributed by atoms with Crippen molar-refractivity contribution < 1.29 is 0 Å². The van der Waals surface area contributed by atoms with Crippen LogP contribution in [0.5, 0.6) is 0 Å². The second kappa shape index (κ2) is 5.38. The monoisotopic (exact) mass is 297 g/mol. The van der Waals surface area contributed by atoms with Crippen molar-refractivity contribution in [1.29, 1.82) is 0 Å². The number of rotatable bonds is 2. The van der Waals surface area contributed by atoms with Crippen molar-refractivity contribution in [3.05, 3.63) is 49.3 Å². The first-order chi connectivity index (χ1) is 10.4. The fourth-order valence-electron chi connectivity index (χ4n) is 3.55. The van der Waals surface area contributed by atoms with Crippen LogP contribution >= 0.6 is 0 Å². The minimum Gasteiger partial charge on any atom is -0.367 e. The van der Waals surface area contributed by atoms with Crippen molar-refractivity contribution in [2.45, 2.75) is 40.5 Å². The largest absolute Gasteiger partial charge is 0.367 e. The Hall–Kier alpha value is -1.90. The van der Waals surface area contributed by atoms with E-state index in [0.29, 0.717) is 17.2 Å². The van der Waals surface area contributed by atoms with Crippen LogP contribution in [0.1, 0.15) is 36.5 Å². The quantitative estimate of drug-likeness (QED) is 0.799. The summed E-state index contributed by atoms with van der Waals surface area (Å²) in [6.45, 7) is 10.1. The summed E-state index contributed by atoms with van der Waals surface area (Å²) in [7, 11) is 0. The third kappa shape index (κ3) is 2.29. The summed E-state index contributed by atoms with van der Waals surface area (Å²) in [5.41, 5.74) is 5.05. The molecule has 0 bridgehead atoms. The van der Waals surface area contributed by atoms with Gasteiger partial charge >= 0.3 is 0 Å². The Bertz CT molecular complexity index is 796. The van der Waals surface area contributed by atoms with E-state index < -0.39 is 0 Å². The molecule has 1 atom stereocenters. The van der Waals surface area contributed by atoms with E-state index >= 15 is 0 Å². The van der Waals surface area contributed by atoms with Crippen molar-refractivity contribution >= 4 is 5.69 Å². The summed E-state index contributed by atoms with van der Waals surface area (Å²) in [5.74, 6) is 0.576. The molecule has 1 fully saturated rings. The zero-order valence-corrected chi connectivity index (χ0v) is 13.8. The van der Waals surface area contributed by atoms with E-state index in [9.17, 15) is 9.59 Å². The number of anilines is 1. The van der Waals surface area contributed by atoms with Gasteiger partial charge < -0.3 is 4.90 Å². The summed E-state index contributed by atoms with van der Waals surface area (Å²) < 4.78 is 0. The summed E-state index contributed by atoms with van der Waals surface area (Å²) >= 11 is 0. The van der Waals surface area contributed by atoms with Gasteiger partial charge in [-0.25, -0.2) is 0 Å². The first-order valence-corrected chi connectivity index (χ1v) is 8.06. The molecule has 0 spiro atoms. The normalized spacial score (nSPS) is 18.9. The molecule has 0 amide bonds. The van der Waals surface area contributed by atoms with Crippen molar-refractivity contribution in [1.82, 2.24) is 0 Å². The molecule has 0 radical (unpaired) electrons. The molecule has 3 rings (SSSR count). The van der Waals surface area contributed by atoms with Crippen molar-refractivity contribution in [3.63, 3.8) is 0 Å². The van der Waals surface area contributed by atoms with Crippen LogP contribution in [-0.2, 0) is 0 Å². The lowest BCUT2D eigenvalue weighted by atomic mass is 9.90. The number of hydrogen-bond donors (Lipinski definition) is 0. The highest BCUT2D eigenvalue weighted by molar-refractivity contribution is 5.84. The van der Waals surface area contributed by atoms with Crippen LogP contribution in [0.2, 0.25) is 0 Å². The highest BCUT2D eigenvalue weighted by Gasteiger charge is 2.30. The molecular formula is C19H23NO2. The van der Waals surface area contributed by atoms with Gasteiger partial charge in [0.05, 0.1) is 5.56 Å². The summed E-state index contributed by atoms with van der Waals surface area (Å²) in [5, 5.41) is 0. The Balaban J connectivity index is 2.10. The average molecular weight is 297 g/mol. The molecule has 0 aromatic heterocycles. The zero-order valence-electron chi connectivity index (χ0n) is 13.8. The average Bonchev–Trinajstić information content (AvgIpc) is 2.48. The minimum absolute atomic E-state index is 0.304. The highest BCUT2D eigenvalue weighted by Crippen LogP contribution is 2.33. The lowest BCUT2D eigenvalue weighted by Gasteiger charge is -2.34. The molecule has 3 heteroatoms. The molecule has 22 heavy (non-hydrogen) atoms. The molecule has 0 N–H and O–H groups in total. The van der Waals surface area contributed by atoms with Gasteiger partial charge in [0.1, 0.15) is 5.69 Å². The molecule has 1 aliphatic rings. The third-order valence-corrected chi connectivity index (χ3v) is 4.97. The summed E-state index contributed by atoms with van der Waals surface area (Å²) in [6, 6.07) is 4.15. The number of aryl methyl sites for hydroxylation is 3. The molecule has 1 heterocycles. The van der Waals surface area contributed by atoms with Crippen molar-refractivity contribution in [2.75, 3.05) is 18.0 Å². The maximum Gasteiger partial charge on any atom is 0.250 e. The van der Waals surface area contributed by atoms with E-state index in [1.165, 1.54) is 12.0 Å². The topological polar surface area (TPSA) is 37.4 Å². The van der Waals surface area contributed by atoms with Crippen LogP contribution < -0.4 is 15.8 Å². The van der Waals surface area contributed by atoms with Crippen LogP contribution in [-0.4, -0.2) is 13.1 Å². The molecule has 2 aromatic carbocycles. The molecule has 116 valence electrons. The maximum absolute atomic E-state index is 12.2. The Morgan fingerprint density at radius 3 is 2.36 bits per heavy atom. The number of benzene rings is 1. The molecule has 0 aliphatic carbocycles. The van der Waals surface area contributed by atoms with Crippen molar-refractivity contribution in [3.8, 4) is 11.1 Å². The van der Waals surface area contributed by atoms with Crippen LogP contribution in [0.3, 0.4) is 0 Å². The fourth-order valence-corrected chi connectivity index (χ4v) is 3.55. The van der Waals surface area contributed by atoms with Gasteiger partial charge in [-0.2, -0.15) is 0 Å². The van der Waals surface area contributed by atoms with Crippen LogP contribution in [0.4, 0.5) is 5.69 Å². The lowest BCUT2D eigenvalue weighted by molar-refractivity contribution is 0.446. The van der Waals surface area contributed by atoms with Gasteiger partial charge in [-0.1, -0.05) is 19.1 Å². The zero-order chi connectivity index (χ0) is 16.0. The smallest absolute Gasteiger partial charge is 0.250 e. The maximum atomic E-state index is 12.2. The Morgan fingerprint density at radius 2 is 1.68 bits per heavy atom. The standard InChI is InChI=1S/C19H23NO2/c1-11-6-5-7-20(10-11)17-16(18(21)19(17)22)15-9-13(3)12(2)8-14(15)4/h8-9,11H,5-7,10H2,1-4H3/t11-/m1/s1. The first-order valence-electron chi connectivity index (χ1n) is 8.06. The van der Waals surface area contributed by atoms with Gasteiger partial charge in [-0.05, 0) is 61.8 Å². The van der Waals surface area contributed by atoms with Crippen LogP contribution in [0, 0.1) is 26.7 Å². The van der Waals surface area contributed by atoms with Crippen LogP contribution in [0.15, 0.2) is 21.7 Å². The molecular weight excluding hydrogens is 274 g/mol. The molecule has 2 aromatic rings. The fraction of sp³-hybridized carbons (Fsp3) is 0.474. The lowest BCUT2D eigenvalue weighted by Crippen LogP contribution is -2.45. The van der Waals surface area contributed by atoms with E-state index in [0.717, 1.165) is 36.2 Å². The molecule has 1 aliphatic heterocycles. The van der Waals surface area contributed by atoms with Gasteiger partial charge in [0.15, 0.2) is 0 Å². The summed E-state index contributed by atoms with van der Waals surface area (Å²) in [4.78, 5) is 26.5. The third-order valence-electron chi connectivity index (χ3n) is 4.97. The van der Waals surface area contributed by atoms with E-state index in [4.69, 9.17) is 0 Å². The number of hydrogen-bond acceptors (Lipinski definition) is 3. The molecule has 0 unspecified atom stereocenters. The second-order valence-electron chi connectivity index (χ2n) is 6.83. The minimum atomic E-state index is -0.320. The Kier molecular flexibility index (Phi) is 3.67. The molecule has 0 saturated carbocycles. The van der Waals surface area contributed by atoms with Gasteiger partial charge in [0.2, 0.25) is 10.9 Å². The predicted octanol–water partition coefficient (Wildman–Crippen LogP) is 3.11. The van der Waals surface area contributed by atoms with E-state index in [2.05, 4.69) is 30.9 Å². The number of nitrogens with zero attached hydrogens (tertiary/aromatic N) is 1. The number of piperidine rings is 1. The highest BCUT2D eigenvalue weighted by atomic mass is 16.2. The molecule has 1 saturated heterocycles. The summed E-state index contributed by atoms with van der Waals surface area (Å²) in [6.07, 6.45) is 2.29. The van der Waals surface area contributed by atoms with Crippen molar-refractivity contribution in [2.24, 2.45) is 5.92 Å². The van der Waals surface area contributed by atoms with Gasteiger partial charge in [-0.15, -0.1) is 0 Å². The van der Waals surface area contributed by atoms with Gasteiger partial charge in [0.25, 0.3) is 0 Å². The Morgan fingerprint density at radius 1 is 1.00 bits per heavy atom. The van der Waals surface area contributed by atoms with E-state index in [-0.39, 0.29) is 10.9 Å². The van der Waals surface area contributed by atoms with E-state index in [1.807, 2.05) is 13.8 Å². The molecule has 3 nitrogen and oxygen atoms in total. The SMILES string of the molecule is Cc1cc(C)c(-c2c(N3CCC[C@@H](C)C3)c(=O)c2=O)cc1C. The van der Waals surface area contributed by atoms with Crippen LogP contribution in [0.25, 0.3) is 11.1 Å². The van der Waals surface area contributed by atoms with Gasteiger partial charge in [-0.3, -0.25) is 9.59 Å². The Labute approximate surface area is 131 Å². The first kappa shape index (κ1) is 15.0. The predicted molar refractivity (Wildman–Crippen MR) is 91.6 cm³/mol. The van der Waals surface area contributed by atoms with Gasteiger partial charge in [0, 0.05) is 13.1 Å². The second-order valence-corrected chi connectivity index (χ2v) is 6.83.